The number of methoxy groups -OCH3 is 1. The Morgan fingerprint density at radius 1 is 1.30 bits per heavy atom. The van der Waals surface area contributed by atoms with Gasteiger partial charge in [0.15, 0.2) is 0 Å². The first-order chi connectivity index (χ1) is 11.0. The van der Waals surface area contributed by atoms with Crippen molar-refractivity contribution >= 4 is 29.0 Å². The molecular weight excluding hydrogens is 322 g/mol. The highest BCUT2D eigenvalue weighted by Gasteiger charge is 2.13. The van der Waals surface area contributed by atoms with Crippen LogP contribution in [0, 0.1) is 10.1 Å². The minimum absolute atomic E-state index is 0.121. The summed E-state index contributed by atoms with van der Waals surface area (Å²) in [6, 6.07) is 10.6. The zero-order valence-electron chi connectivity index (χ0n) is 12.2. The predicted octanol–water partition coefficient (Wildman–Crippen LogP) is 3.58. The van der Waals surface area contributed by atoms with Gasteiger partial charge in [0, 0.05) is 17.6 Å². The largest absolute Gasteiger partial charge is 0.494 e. The normalized spacial score (nSPS) is 10.0. The van der Waals surface area contributed by atoms with E-state index in [0.29, 0.717) is 10.7 Å². The van der Waals surface area contributed by atoms with Gasteiger partial charge in [0.25, 0.3) is 5.69 Å². The van der Waals surface area contributed by atoms with Crippen LogP contribution >= 0.6 is 11.6 Å². The lowest BCUT2D eigenvalue weighted by Gasteiger charge is -2.11. The van der Waals surface area contributed by atoms with Crippen molar-refractivity contribution in [3.63, 3.8) is 0 Å². The Balaban J connectivity index is 2.03. The second-order valence-electron chi connectivity index (χ2n) is 4.54. The van der Waals surface area contributed by atoms with E-state index < -0.39 is 11.0 Å². The number of halogens is 1. The second kappa shape index (κ2) is 7.46. The number of ether oxygens (including phenoxy) is 1. The number of hydrogen-bond donors (Lipinski definition) is 2. The topological polar surface area (TPSA) is 93.5 Å². The fourth-order valence-electron chi connectivity index (χ4n) is 1.88. The molecule has 2 amide bonds. The predicted molar refractivity (Wildman–Crippen MR) is 87.0 cm³/mol. The first kappa shape index (κ1) is 16.6. The van der Waals surface area contributed by atoms with Crippen molar-refractivity contribution in [3.8, 4) is 5.75 Å². The second-order valence-corrected chi connectivity index (χ2v) is 4.95. The average molecular weight is 336 g/mol. The third-order valence-electron chi connectivity index (χ3n) is 3.04. The highest BCUT2D eigenvalue weighted by molar-refractivity contribution is 6.31. The van der Waals surface area contributed by atoms with E-state index in [4.69, 9.17) is 16.3 Å². The van der Waals surface area contributed by atoms with Gasteiger partial charge in [-0.05, 0) is 17.7 Å². The van der Waals surface area contributed by atoms with Crippen LogP contribution in [0.15, 0.2) is 42.5 Å². The minimum Gasteiger partial charge on any atom is -0.494 e. The maximum atomic E-state index is 11.9. The molecule has 0 saturated heterocycles. The van der Waals surface area contributed by atoms with Gasteiger partial charge in [0.1, 0.15) is 5.75 Å². The van der Waals surface area contributed by atoms with Gasteiger partial charge < -0.3 is 15.4 Å². The molecule has 0 radical (unpaired) electrons. The van der Waals surface area contributed by atoms with Gasteiger partial charge in [-0.25, -0.2) is 4.79 Å². The summed E-state index contributed by atoms with van der Waals surface area (Å²) >= 11 is 6.01. The van der Waals surface area contributed by atoms with Crippen molar-refractivity contribution in [2.45, 2.75) is 6.54 Å². The van der Waals surface area contributed by atoms with Gasteiger partial charge in [0.05, 0.1) is 23.8 Å². The molecule has 0 saturated carbocycles. The molecule has 8 heteroatoms. The molecule has 0 fully saturated rings. The zero-order valence-corrected chi connectivity index (χ0v) is 13.0. The van der Waals surface area contributed by atoms with Crippen molar-refractivity contribution in [1.29, 1.82) is 0 Å². The number of carbonyl (C=O) groups is 1. The quantitative estimate of drug-likeness (QED) is 0.645. The van der Waals surface area contributed by atoms with Crippen LogP contribution in [0.2, 0.25) is 5.02 Å². The van der Waals surface area contributed by atoms with Gasteiger partial charge in [-0.3, -0.25) is 10.1 Å². The summed E-state index contributed by atoms with van der Waals surface area (Å²) < 4.78 is 5.05. The van der Waals surface area contributed by atoms with Crippen LogP contribution < -0.4 is 15.4 Å². The summed E-state index contributed by atoms with van der Waals surface area (Å²) in [6.45, 7) is 0.251. The molecule has 0 aliphatic rings. The fraction of sp³-hybridized carbons (Fsp3) is 0.133. The molecule has 7 nitrogen and oxygen atoms in total. The SMILES string of the molecule is COc1cc([N+](=O)[O-])ccc1NC(=O)NCc1ccccc1Cl. The van der Waals surface area contributed by atoms with Crippen LogP contribution in [0.4, 0.5) is 16.2 Å². The molecule has 0 atom stereocenters. The Morgan fingerprint density at radius 2 is 2.04 bits per heavy atom. The van der Waals surface area contributed by atoms with Crippen LogP contribution in [0.5, 0.6) is 5.75 Å². The molecule has 2 aromatic rings. The van der Waals surface area contributed by atoms with E-state index in [1.807, 2.05) is 6.07 Å². The summed E-state index contributed by atoms with van der Waals surface area (Å²) in [7, 11) is 1.37. The Kier molecular flexibility index (Phi) is 5.37. The van der Waals surface area contributed by atoms with E-state index in [1.54, 1.807) is 18.2 Å². The van der Waals surface area contributed by atoms with E-state index in [1.165, 1.54) is 25.3 Å². The molecule has 0 unspecified atom stereocenters. The Morgan fingerprint density at radius 3 is 2.70 bits per heavy atom. The summed E-state index contributed by atoms with van der Waals surface area (Å²) in [4.78, 5) is 22.1. The number of carbonyl (C=O) groups excluding carboxylic acids is 1. The first-order valence-corrected chi connectivity index (χ1v) is 6.99. The maximum Gasteiger partial charge on any atom is 0.319 e. The van der Waals surface area contributed by atoms with Crippen LogP contribution in [0.25, 0.3) is 0 Å². The molecule has 0 aromatic heterocycles. The lowest BCUT2D eigenvalue weighted by atomic mass is 10.2. The van der Waals surface area contributed by atoms with Crippen LogP contribution in [-0.4, -0.2) is 18.1 Å². The van der Waals surface area contributed by atoms with Gasteiger partial charge >= 0.3 is 6.03 Å². The summed E-state index contributed by atoms with van der Waals surface area (Å²) in [6.07, 6.45) is 0. The highest BCUT2D eigenvalue weighted by atomic mass is 35.5. The molecule has 2 rings (SSSR count). The van der Waals surface area contributed by atoms with Crippen molar-refractivity contribution in [3.05, 3.63) is 63.2 Å². The number of rotatable bonds is 5. The number of nitrogens with one attached hydrogen (secondary N) is 2. The molecule has 23 heavy (non-hydrogen) atoms. The molecule has 0 aliphatic carbocycles. The number of urea groups is 1. The number of anilines is 1. The molecule has 120 valence electrons. The summed E-state index contributed by atoms with van der Waals surface area (Å²) in [5, 5.41) is 16.5. The van der Waals surface area contributed by atoms with Crippen molar-refractivity contribution in [2.24, 2.45) is 0 Å². The van der Waals surface area contributed by atoms with E-state index in [0.717, 1.165) is 5.56 Å². The van der Waals surface area contributed by atoms with Gasteiger partial charge in [-0.1, -0.05) is 29.8 Å². The zero-order chi connectivity index (χ0) is 16.8. The molecular formula is C15H14ClN3O4. The van der Waals surface area contributed by atoms with Gasteiger partial charge in [-0.15, -0.1) is 0 Å². The monoisotopic (exact) mass is 335 g/mol. The average Bonchev–Trinajstić information content (AvgIpc) is 2.54. The van der Waals surface area contributed by atoms with Crippen LogP contribution in [-0.2, 0) is 6.54 Å². The van der Waals surface area contributed by atoms with Crippen molar-refractivity contribution in [1.82, 2.24) is 5.32 Å². The van der Waals surface area contributed by atoms with Crippen LogP contribution in [0.3, 0.4) is 0 Å². The van der Waals surface area contributed by atoms with Crippen molar-refractivity contribution < 1.29 is 14.5 Å². The lowest BCUT2D eigenvalue weighted by molar-refractivity contribution is -0.384. The molecule has 0 aliphatic heterocycles. The number of nitrogens with zero attached hydrogens (tertiary/aromatic N) is 1. The van der Waals surface area contributed by atoms with E-state index in [-0.39, 0.29) is 18.0 Å². The Labute approximate surface area is 137 Å². The molecule has 0 heterocycles. The maximum absolute atomic E-state index is 11.9. The summed E-state index contributed by atoms with van der Waals surface area (Å²) in [5.74, 6) is 0.201. The van der Waals surface area contributed by atoms with Crippen LogP contribution in [0.1, 0.15) is 5.56 Å². The molecule has 2 N–H and O–H groups in total. The van der Waals surface area contributed by atoms with E-state index >= 15 is 0 Å². The Bertz CT molecular complexity index is 736. The van der Waals surface area contributed by atoms with E-state index in [9.17, 15) is 14.9 Å². The smallest absolute Gasteiger partial charge is 0.319 e. The number of benzene rings is 2. The van der Waals surface area contributed by atoms with Crippen molar-refractivity contribution in [2.75, 3.05) is 12.4 Å². The standard InChI is InChI=1S/C15H14ClN3O4/c1-23-14-8-11(19(21)22)6-7-13(14)18-15(20)17-9-10-4-2-3-5-12(10)16/h2-8H,9H2,1H3,(H2,17,18,20). The van der Waals surface area contributed by atoms with Gasteiger partial charge in [0.2, 0.25) is 0 Å². The van der Waals surface area contributed by atoms with Gasteiger partial charge in [-0.2, -0.15) is 0 Å². The summed E-state index contributed by atoms with van der Waals surface area (Å²) in [5.41, 5.74) is 0.985. The molecule has 0 bridgehead atoms. The Hall–Kier alpha value is -2.80. The minimum atomic E-state index is -0.538. The third kappa shape index (κ3) is 4.33. The third-order valence-corrected chi connectivity index (χ3v) is 3.41. The number of hydrogen-bond acceptors (Lipinski definition) is 4. The number of non-ortho nitro benzene ring substituents is 1. The number of nitro groups is 1. The number of nitro benzene ring substituents is 1. The fourth-order valence-corrected chi connectivity index (χ4v) is 2.08. The highest BCUT2D eigenvalue weighted by Crippen LogP contribution is 2.28. The lowest BCUT2D eigenvalue weighted by Crippen LogP contribution is -2.28. The number of amides is 2. The molecule has 0 spiro atoms. The first-order valence-electron chi connectivity index (χ1n) is 6.62. The molecule has 2 aromatic carbocycles. The van der Waals surface area contributed by atoms with E-state index in [2.05, 4.69) is 10.6 Å².